The van der Waals surface area contributed by atoms with E-state index < -0.39 is 5.91 Å². The predicted molar refractivity (Wildman–Crippen MR) is 103 cm³/mol. The summed E-state index contributed by atoms with van der Waals surface area (Å²) in [5, 5.41) is 16.1. The van der Waals surface area contributed by atoms with Crippen LogP contribution in [-0.4, -0.2) is 22.6 Å². The molecule has 2 aromatic carbocycles. The van der Waals surface area contributed by atoms with Gasteiger partial charge < -0.3 is 10.4 Å². The number of aryl methyl sites for hydroxylation is 3. The maximum absolute atomic E-state index is 12.2. The lowest BCUT2D eigenvalue weighted by Crippen LogP contribution is -2.21. The molecule has 6 nitrogen and oxygen atoms in total. The van der Waals surface area contributed by atoms with E-state index in [1.807, 2.05) is 32.9 Å². The number of anilines is 1. The molecular weight excluding hydrogens is 330 g/mol. The fourth-order valence-corrected chi connectivity index (χ4v) is 2.66. The molecule has 136 valence electrons. The number of rotatable bonds is 5. The van der Waals surface area contributed by atoms with Crippen LogP contribution in [0.5, 0.6) is 5.75 Å². The molecule has 0 aliphatic rings. The number of nitrogens with one attached hydrogen (secondary N) is 2. The van der Waals surface area contributed by atoms with E-state index in [2.05, 4.69) is 15.8 Å². The summed E-state index contributed by atoms with van der Waals surface area (Å²) in [6.07, 6.45) is 0.0720. The van der Waals surface area contributed by atoms with Crippen molar-refractivity contribution in [2.24, 2.45) is 5.10 Å². The molecule has 0 radical (unpaired) electrons. The highest BCUT2D eigenvalue weighted by atomic mass is 16.3. The number of carbonyl (C=O) groups is 2. The highest BCUT2D eigenvalue weighted by Gasteiger charge is 2.10. The second-order valence-electron chi connectivity index (χ2n) is 6.33. The number of hydrogen-bond donors (Lipinski definition) is 3. The van der Waals surface area contributed by atoms with Crippen LogP contribution in [0.4, 0.5) is 5.69 Å². The molecule has 0 bridgehead atoms. The molecule has 0 spiro atoms. The van der Waals surface area contributed by atoms with Gasteiger partial charge in [-0.25, -0.2) is 5.43 Å². The molecule has 0 aliphatic heterocycles. The van der Waals surface area contributed by atoms with Gasteiger partial charge in [-0.2, -0.15) is 5.10 Å². The van der Waals surface area contributed by atoms with Gasteiger partial charge in [0, 0.05) is 17.0 Å². The highest BCUT2D eigenvalue weighted by molar-refractivity contribution is 6.06. The first-order valence-corrected chi connectivity index (χ1v) is 8.26. The van der Waals surface area contributed by atoms with Crippen molar-refractivity contribution in [1.29, 1.82) is 0 Å². The first kappa shape index (κ1) is 19.2. The maximum Gasteiger partial charge on any atom is 0.271 e. The Morgan fingerprint density at radius 3 is 2.19 bits per heavy atom. The topological polar surface area (TPSA) is 90.8 Å². The quantitative estimate of drug-likeness (QED) is 0.568. The molecule has 0 unspecified atom stereocenters. The van der Waals surface area contributed by atoms with Gasteiger partial charge in [0.1, 0.15) is 5.75 Å². The normalized spacial score (nSPS) is 11.2. The number of phenols is 1. The van der Waals surface area contributed by atoms with E-state index in [1.165, 1.54) is 24.3 Å². The second-order valence-corrected chi connectivity index (χ2v) is 6.33. The SMILES string of the molecule is C/C(CC(=O)Nc1c(C)cc(C)cc1C)=N/NC(=O)c1ccc(O)cc1. The maximum atomic E-state index is 12.2. The molecule has 0 saturated heterocycles. The van der Waals surface area contributed by atoms with Crippen LogP contribution in [0.3, 0.4) is 0 Å². The number of aromatic hydroxyl groups is 1. The van der Waals surface area contributed by atoms with Crippen LogP contribution in [0.15, 0.2) is 41.5 Å². The molecule has 2 rings (SSSR count). The van der Waals surface area contributed by atoms with E-state index in [1.54, 1.807) is 6.92 Å². The number of carbonyl (C=O) groups excluding carboxylic acids is 2. The van der Waals surface area contributed by atoms with Crippen LogP contribution in [0.2, 0.25) is 0 Å². The van der Waals surface area contributed by atoms with Gasteiger partial charge in [0.05, 0.1) is 6.42 Å². The van der Waals surface area contributed by atoms with Crippen LogP contribution in [0.1, 0.15) is 40.4 Å². The van der Waals surface area contributed by atoms with Gasteiger partial charge >= 0.3 is 0 Å². The molecule has 26 heavy (non-hydrogen) atoms. The fourth-order valence-electron chi connectivity index (χ4n) is 2.66. The van der Waals surface area contributed by atoms with Gasteiger partial charge in [0.15, 0.2) is 0 Å². The molecule has 0 heterocycles. The highest BCUT2D eigenvalue weighted by Crippen LogP contribution is 2.22. The average Bonchev–Trinajstić information content (AvgIpc) is 2.56. The lowest BCUT2D eigenvalue weighted by molar-refractivity contribution is -0.115. The van der Waals surface area contributed by atoms with Gasteiger partial charge in [-0.15, -0.1) is 0 Å². The number of nitrogens with zero attached hydrogens (tertiary/aromatic N) is 1. The number of amides is 2. The standard InChI is InChI=1S/C20H23N3O3/c1-12-9-13(2)19(14(3)10-12)21-18(25)11-15(4)22-23-20(26)16-5-7-17(24)8-6-16/h5-10,24H,11H2,1-4H3,(H,21,25)(H,23,26)/b22-15-. The van der Waals surface area contributed by atoms with Crippen molar-refractivity contribution >= 4 is 23.2 Å². The molecule has 0 aromatic heterocycles. The van der Waals surface area contributed by atoms with Crippen LogP contribution in [-0.2, 0) is 4.79 Å². The van der Waals surface area contributed by atoms with E-state index >= 15 is 0 Å². The van der Waals surface area contributed by atoms with E-state index in [0.717, 1.165) is 22.4 Å². The van der Waals surface area contributed by atoms with Crippen molar-refractivity contribution in [2.45, 2.75) is 34.1 Å². The third-order valence-corrected chi connectivity index (χ3v) is 3.84. The molecule has 6 heteroatoms. The minimum absolute atomic E-state index is 0.0720. The van der Waals surface area contributed by atoms with Crippen molar-refractivity contribution in [3.05, 3.63) is 58.7 Å². The van der Waals surface area contributed by atoms with Gasteiger partial charge in [-0.1, -0.05) is 17.7 Å². The number of hydrazone groups is 1. The Morgan fingerprint density at radius 1 is 1.04 bits per heavy atom. The summed E-state index contributed by atoms with van der Waals surface area (Å²) in [5.41, 5.74) is 7.22. The molecule has 2 amide bonds. The third-order valence-electron chi connectivity index (χ3n) is 3.84. The van der Waals surface area contributed by atoms with Crippen molar-refractivity contribution < 1.29 is 14.7 Å². The van der Waals surface area contributed by atoms with E-state index in [0.29, 0.717) is 11.3 Å². The van der Waals surface area contributed by atoms with Crippen molar-refractivity contribution in [1.82, 2.24) is 5.43 Å². The largest absolute Gasteiger partial charge is 0.508 e. The predicted octanol–water partition coefficient (Wildman–Crippen LogP) is 3.45. The Bertz CT molecular complexity index is 832. The summed E-state index contributed by atoms with van der Waals surface area (Å²) in [7, 11) is 0. The van der Waals surface area contributed by atoms with Crippen LogP contribution >= 0.6 is 0 Å². The molecule has 0 atom stereocenters. The molecule has 0 fully saturated rings. The summed E-state index contributed by atoms with van der Waals surface area (Å²) in [6, 6.07) is 9.86. The van der Waals surface area contributed by atoms with Gasteiger partial charge in [0.2, 0.25) is 5.91 Å². The van der Waals surface area contributed by atoms with Gasteiger partial charge in [-0.3, -0.25) is 9.59 Å². The summed E-state index contributed by atoms with van der Waals surface area (Å²) in [4.78, 5) is 24.2. The minimum atomic E-state index is -0.407. The Balaban J connectivity index is 1.95. The first-order valence-electron chi connectivity index (χ1n) is 8.26. The number of phenolic OH excluding ortho intramolecular Hbond substituents is 1. The van der Waals surface area contributed by atoms with Crippen molar-refractivity contribution in [2.75, 3.05) is 5.32 Å². The lowest BCUT2D eigenvalue weighted by Gasteiger charge is -2.12. The fraction of sp³-hybridized carbons (Fsp3) is 0.250. The second kappa shape index (κ2) is 8.29. The summed E-state index contributed by atoms with van der Waals surface area (Å²) < 4.78 is 0. The molecular formula is C20H23N3O3. The smallest absolute Gasteiger partial charge is 0.271 e. The molecule has 2 aromatic rings. The molecule has 0 aliphatic carbocycles. The summed E-state index contributed by atoms with van der Waals surface area (Å²) >= 11 is 0. The Labute approximate surface area is 152 Å². The van der Waals surface area contributed by atoms with Crippen LogP contribution in [0.25, 0.3) is 0 Å². The Kier molecular flexibility index (Phi) is 6.11. The number of hydrogen-bond acceptors (Lipinski definition) is 4. The van der Waals surface area contributed by atoms with E-state index in [4.69, 9.17) is 0 Å². The summed E-state index contributed by atoms with van der Waals surface area (Å²) in [6.45, 7) is 7.59. The van der Waals surface area contributed by atoms with Crippen molar-refractivity contribution in [3.63, 3.8) is 0 Å². The third kappa shape index (κ3) is 5.17. The van der Waals surface area contributed by atoms with E-state index in [-0.39, 0.29) is 18.1 Å². The van der Waals surface area contributed by atoms with Gasteiger partial charge in [0.25, 0.3) is 5.91 Å². The zero-order valence-corrected chi connectivity index (χ0v) is 15.4. The summed E-state index contributed by atoms with van der Waals surface area (Å²) in [5.74, 6) is -0.519. The van der Waals surface area contributed by atoms with E-state index in [9.17, 15) is 14.7 Å². The van der Waals surface area contributed by atoms with Crippen molar-refractivity contribution in [3.8, 4) is 5.75 Å². The molecule has 0 saturated carbocycles. The zero-order valence-electron chi connectivity index (χ0n) is 15.4. The monoisotopic (exact) mass is 353 g/mol. The Hall–Kier alpha value is -3.15. The van der Waals surface area contributed by atoms with Crippen LogP contribution < -0.4 is 10.7 Å². The minimum Gasteiger partial charge on any atom is -0.508 e. The molecule has 3 N–H and O–H groups in total. The zero-order chi connectivity index (χ0) is 19.3. The lowest BCUT2D eigenvalue weighted by atomic mass is 10.0. The van der Waals surface area contributed by atoms with Crippen LogP contribution in [0, 0.1) is 20.8 Å². The first-order chi connectivity index (χ1) is 12.3. The number of benzene rings is 2. The average molecular weight is 353 g/mol. The van der Waals surface area contributed by atoms with Gasteiger partial charge in [-0.05, 0) is 63.1 Å². The Morgan fingerprint density at radius 2 is 1.62 bits per heavy atom.